The van der Waals surface area contributed by atoms with Crippen LogP contribution in [0.1, 0.15) is 16.7 Å². The molecule has 3 aromatic rings. The van der Waals surface area contributed by atoms with Crippen LogP contribution in [0.25, 0.3) is 21.9 Å². The number of benzene rings is 3. The van der Waals surface area contributed by atoms with Gasteiger partial charge in [0, 0.05) is 0 Å². The van der Waals surface area contributed by atoms with Crippen LogP contribution in [-0.2, 0) is 6.42 Å². The lowest BCUT2D eigenvalue weighted by Gasteiger charge is -2.07. The number of hydrogen-bond donors (Lipinski definition) is 0. The first kappa shape index (κ1) is 9.90. The second kappa shape index (κ2) is 3.46. The second-order valence-electron chi connectivity index (χ2n) is 5.16. The molecule has 1 aliphatic carbocycles. The highest BCUT2D eigenvalue weighted by Crippen LogP contribution is 2.41. The van der Waals surface area contributed by atoms with Gasteiger partial charge >= 0.3 is 0 Å². The summed E-state index contributed by atoms with van der Waals surface area (Å²) >= 11 is 0. The Morgan fingerprint density at radius 2 is 1.72 bits per heavy atom. The van der Waals surface area contributed by atoms with E-state index in [2.05, 4.69) is 61.5 Å². The predicted octanol–water partition coefficient (Wildman–Crippen LogP) is 4.72. The summed E-state index contributed by atoms with van der Waals surface area (Å²) in [6.07, 6.45) is 1.08. The minimum Gasteiger partial charge on any atom is -0.0619 e. The van der Waals surface area contributed by atoms with Crippen LogP contribution in [0.5, 0.6) is 0 Å². The van der Waals surface area contributed by atoms with Crippen molar-refractivity contribution in [3.8, 4) is 11.1 Å². The van der Waals surface area contributed by atoms with Gasteiger partial charge in [-0.25, -0.2) is 0 Å². The summed E-state index contributed by atoms with van der Waals surface area (Å²) < 4.78 is 0. The molecule has 3 aromatic carbocycles. The van der Waals surface area contributed by atoms with Crippen LogP contribution in [0.15, 0.2) is 54.6 Å². The van der Waals surface area contributed by atoms with E-state index in [0.717, 1.165) is 6.42 Å². The second-order valence-corrected chi connectivity index (χ2v) is 5.16. The van der Waals surface area contributed by atoms with Crippen LogP contribution in [-0.4, -0.2) is 0 Å². The van der Waals surface area contributed by atoms with Crippen molar-refractivity contribution in [2.75, 3.05) is 0 Å². The normalized spacial score (nSPS) is 12.5. The first-order valence-corrected chi connectivity index (χ1v) is 6.43. The van der Waals surface area contributed by atoms with Crippen molar-refractivity contribution in [3.05, 3.63) is 71.3 Å². The highest BCUT2D eigenvalue weighted by Gasteiger charge is 2.19. The molecule has 0 aromatic heterocycles. The van der Waals surface area contributed by atoms with Gasteiger partial charge < -0.3 is 0 Å². The molecule has 0 N–H and O–H groups in total. The molecule has 0 aliphatic heterocycles. The zero-order chi connectivity index (χ0) is 12.1. The summed E-state index contributed by atoms with van der Waals surface area (Å²) in [6, 6.07) is 20.1. The van der Waals surface area contributed by atoms with E-state index in [-0.39, 0.29) is 0 Å². The van der Waals surface area contributed by atoms with Crippen molar-refractivity contribution < 1.29 is 0 Å². The fourth-order valence-electron chi connectivity index (χ4n) is 3.08. The predicted molar refractivity (Wildman–Crippen MR) is 76.9 cm³/mol. The molecule has 0 heteroatoms. The molecule has 0 nitrogen and oxygen atoms in total. The Labute approximate surface area is 107 Å². The van der Waals surface area contributed by atoms with E-state index >= 15 is 0 Å². The van der Waals surface area contributed by atoms with Crippen LogP contribution in [0.2, 0.25) is 0 Å². The Kier molecular flexibility index (Phi) is 1.90. The standard InChI is InChI=1S/C18H14/c1-12-6-9-17-14(10-12)7-8-15-11-13-4-2-3-5-16(13)18(15)17/h2-10H,11H2,1H3. The summed E-state index contributed by atoms with van der Waals surface area (Å²) in [5, 5.41) is 2.74. The smallest absolute Gasteiger partial charge is 0.00132 e. The number of rotatable bonds is 0. The molecule has 0 amide bonds. The van der Waals surface area contributed by atoms with Gasteiger partial charge in [-0.05, 0) is 46.4 Å². The monoisotopic (exact) mass is 230 g/mol. The van der Waals surface area contributed by atoms with Crippen molar-refractivity contribution in [1.82, 2.24) is 0 Å². The zero-order valence-electron chi connectivity index (χ0n) is 10.4. The van der Waals surface area contributed by atoms with Gasteiger partial charge in [0.15, 0.2) is 0 Å². The molecule has 1 aliphatic rings. The molecule has 0 unspecified atom stereocenters. The molecule has 0 saturated heterocycles. The minimum absolute atomic E-state index is 1.08. The van der Waals surface area contributed by atoms with Gasteiger partial charge in [0.1, 0.15) is 0 Å². The van der Waals surface area contributed by atoms with Gasteiger partial charge in [-0.15, -0.1) is 0 Å². The van der Waals surface area contributed by atoms with Crippen LogP contribution in [0, 0.1) is 6.92 Å². The SMILES string of the molecule is Cc1ccc2c3c(ccc2c1)Cc1ccccc1-3. The van der Waals surface area contributed by atoms with Gasteiger partial charge in [-0.2, -0.15) is 0 Å². The molecule has 18 heavy (non-hydrogen) atoms. The minimum atomic E-state index is 1.08. The molecular formula is C18H14. The van der Waals surface area contributed by atoms with Gasteiger partial charge in [0.05, 0.1) is 0 Å². The van der Waals surface area contributed by atoms with Gasteiger partial charge in [-0.3, -0.25) is 0 Å². The lowest BCUT2D eigenvalue weighted by molar-refractivity contribution is 1.27. The largest absolute Gasteiger partial charge is 0.0619 e. The summed E-state index contributed by atoms with van der Waals surface area (Å²) in [6.45, 7) is 2.15. The fourth-order valence-corrected chi connectivity index (χ4v) is 3.08. The summed E-state index contributed by atoms with van der Waals surface area (Å²) in [5.74, 6) is 0. The Morgan fingerprint density at radius 1 is 0.833 bits per heavy atom. The third-order valence-corrected chi connectivity index (χ3v) is 3.93. The lowest BCUT2D eigenvalue weighted by Crippen LogP contribution is -1.83. The first-order chi connectivity index (χ1) is 8.83. The number of fused-ring (bicyclic) bond motifs is 5. The van der Waals surface area contributed by atoms with Crippen LogP contribution >= 0.6 is 0 Å². The molecular weight excluding hydrogens is 216 g/mol. The highest BCUT2D eigenvalue weighted by atomic mass is 14.2. The highest BCUT2D eigenvalue weighted by molar-refractivity contribution is 6.01. The van der Waals surface area contributed by atoms with E-state index in [1.807, 2.05) is 0 Å². The number of aryl methyl sites for hydroxylation is 1. The van der Waals surface area contributed by atoms with Crippen LogP contribution in [0.4, 0.5) is 0 Å². The molecule has 86 valence electrons. The zero-order valence-corrected chi connectivity index (χ0v) is 10.4. The third-order valence-electron chi connectivity index (χ3n) is 3.93. The van der Waals surface area contributed by atoms with E-state index in [1.165, 1.54) is 38.6 Å². The van der Waals surface area contributed by atoms with Crippen LogP contribution < -0.4 is 0 Å². The van der Waals surface area contributed by atoms with Crippen molar-refractivity contribution in [1.29, 1.82) is 0 Å². The molecule has 0 saturated carbocycles. The number of hydrogen-bond acceptors (Lipinski definition) is 0. The Bertz CT molecular complexity index is 766. The maximum absolute atomic E-state index is 2.29. The quantitative estimate of drug-likeness (QED) is 0.410. The van der Waals surface area contributed by atoms with Gasteiger partial charge in [0.2, 0.25) is 0 Å². The average molecular weight is 230 g/mol. The molecule has 0 heterocycles. The topological polar surface area (TPSA) is 0 Å². The maximum atomic E-state index is 2.29. The molecule has 0 spiro atoms. The molecule has 0 bridgehead atoms. The van der Waals surface area contributed by atoms with E-state index in [0.29, 0.717) is 0 Å². The van der Waals surface area contributed by atoms with Crippen molar-refractivity contribution >= 4 is 10.8 Å². The summed E-state index contributed by atoms with van der Waals surface area (Å²) in [5.41, 5.74) is 7.12. The third kappa shape index (κ3) is 1.26. The summed E-state index contributed by atoms with van der Waals surface area (Å²) in [7, 11) is 0. The fraction of sp³-hybridized carbons (Fsp3) is 0.111. The van der Waals surface area contributed by atoms with Crippen molar-refractivity contribution in [2.24, 2.45) is 0 Å². The Balaban J connectivity index is 2.13. The maximum Gasteiger partial charge on any atom is -0.00132 e. The van der Waals surface area contributed by atoms with E-state index in [4.69, 9.17) is 0 Å². The van der Waals surface area contributed by atoms with E-state index in [9.17, 15) is 0 Å². The van der Waals surface area contributed by atoms with Crippen LogP contribution in [0.3, 0.4) is 0 Å². The van der Waals surface area contributed by atoms with Crippen molar-refractivity contribution in [3.63, 3.8) is 0 Å². The molecule has 4 rings (SSSR count). The Morgan fingerprint density at radius 3 is 2.67 bits per heavy atom. The average Bonchev–Trinajstić information content (AvgIpc) is 2.77. The van der Waals surface area contributed by atoms with E-state index < -0.39 is 0 Å². The van der Waals surface area contributed by atoms with Gasteiger partial charge in [-0.1, -0.05) is 60.2 Å². The van der Waals surface area contributed by atoms with E-state index in [1.54, 1.807) is 0 Å². The lowest BCUT2D eigenvalue weighted by atomic mass is 9.97. The molecule has 0 atom stereocenters. The Hall–Kier alpha value is -2.08. The van der Waals surface area contributed by atoms with Crippen molar-refractivity contribution in [2.45, 2.75) is 13.3 Å². The molecule has 0 fully saturated rings. The first-order valence-electron chi connectivity index (χ1n) is 6.43. The van der Waals surface area contributed by atoms with Gasteiger partial charge in [0.25, 0.3) is 0 Å². The summed E-state index contributed by atoms with van der Waals surface area (Å²) in [4.78, 5) is 0. The molecule has 0 radical (unpaired) electrons.